The first-order valence-electron chi connectivity index (χ1n) is 8.62. The van der Waals surface area contributed by atoms with E-state index in [2.05, 4.69) is 31.7 Å². The van der Waals surface area contributed by atoms with Gasteiger partial charge in [-0.25, -0.2) is 4.98 Å². The van der Waals surface area contributed by atoms with Gasteiger partial charge >= 0.3 is 0 Å². The molecule has 1 aliphatic heterocycles. The van der Waals surface area contributed by atoms with Crippen LogP contribution in [0, 0.1) is 0 Å². The van der Waals surface area contributed by atoms with Gasteiger partial charge in [-0.3, -0.25) is 14.4 Å². The maximum absolute atomic E-state index is 12.5. The van der Waals surface area contributed by atoms with Gasteiger partial charge in [0.05, 0.1) is 12.6 Å². The van der Waals surface area contributed by atoms with Gasteiger partial charge in [-0.1, -0.05) is 12.5 Å². The number of amides is 1. The lowest BCUT2D eigenvalue weighted by atomic mass is 9.99. The van der Waals surface area contributed by atoms with Gasteiger partial charge in [-0.05, 0) is 44.2 Å². The molecular formula is C17H25N5OS. The fraction of sp³-hybridized carbons (Fsp3) is 0.588. The fourth-order valence-corrected chi connectivity index (χ4v) is 4.04. The van der Waals surface area contributed by atoms with Crippen molar-refractivity contribution in [1.82, 2.24) is 25.0 Å². The first-order chi connectivity index (χ1) is 11.7. The minimum Gasteiger partial charge on any atom is -0.354 e. The van der Waals surface area contributed by atoms with Crippen LogP contribution in [-0.4, -0.2) is 50.7 Å². The second kappa shape index (κ2) is 8.39. The number of aromatic nitrogens is 3. The summed E-state index contributed by atoms with van der Waals surface area (Å²) >= 11 is 1.74. The normalized spacial score (nSPS) is 20.0. The highest BCUT2D eigenvalue weighted by Gasteiger charge is 2.30. The summed E-state index contributed by atoms with van der Waals surface area (Å²) < 4.78 is 1.87. The third-order valence-corrected chi connectivity index (χ3v) is 5.60. The molecule has 1 N–H and O–H groups in total. The molecule has 0 saturated carbocycles. The van der Waals surface area contributed by atoms with Crippen LogP contribution in [0.15, 0.2) is 30.2 Å². The van der Waals surface area contributed by atoms with Crippen molar-refractivity contribution in [3.8, 4) is 0 Å². The van der Waals surface area contributed by atoms with Gasteiger partial charge in [-0.2, -0.15) is 5.10 Å². The monoisotopic (exact) mass is 347 g/mol. The summed E-state index contributed by atoms with van der Waals surface area (Å²) in [6.45, 7) is 4.48. The van der Waals surface area contributed by atoms with Crippen molar-refractivity contribution < 1.29 is 4.79 Å². The molecule has 1 saturated heterocycles. The predicted octanol–water partition coefficient (Wildman–Crippen LogP) is 1.94. The third-order valence-electron chi connectivity index (χ3n) is 4.66. The molecule has 7 heteroatoms. The zero-order valence-electron chi connectivity index (χ0n) is 14.1. The largest absolute Gasteiger partial charge is 0.354 e. The van der Waals surface area contributed by atoms with E-state index in [1.165, 1.54) is 11.3 Å². The minimum atomic E-state index is -0.109. The standard InChI is InChI=1S/C17H25N5OS/c1-14(17(23)19-8-7-16-6-4-10-24-16)22-9-3-2-5-15(22)11-21-13-18-12-20-21/h4,6,10,12-15H,2-3,5,7-9,11H2,1H3,(H,19,23)/t14-,15+/m0/s1. The molecule has 3 heterocycles. The summed E-state index contributed by atoms with van der Waals surface area (Å²) in [5.74, 6) is 0.122. The van der Waals surface area contributed by atoms with E-state index in [0.717, 1.165) is 32.4 Å². The van der Waals surface area contributed by atoms with Gasteiger partial charge in [0.25, 0.3) is 0 Å². The molecule has 1 aliphatic rings. The van der Waals surface area contributed by atoms with Gasteiger partial charge in [0.2, 0.25) is 5.91 Å². The second-order valence-corrected chi connectivity index (χ2v) is 7.33. The van der Waals surface area contributed by atoms with E-state index >= 15 is 0 Å². The fourth-order valence-electron chi connectivity index (χ4n) is 3.33. The number of nitrogens with zero attached hydrogens (tertiary/aromatic N) is 4. The molecule has 6 nitrogen and oxygen atoms in total. The number of hydrogen-bond acceptors (Lipinski definition) is 5. The topological polar surface area (TPSA) is 63.1 Å². The molecular weight excluding hydrogens is 322 g/mol. The van der Waals surface area contributed by atoms with Crippen LogP contribution in [0.5, 0.6) is 0 Å². The first-order valence-corrected chi connectivity index (χ1v) is 9.50. The summed E-state index contributed by atoms with van der Waals surface area (Å²) in [5.41, 5.74) is 0. The number of thiophene rings is 1. The van der Waals surface area contributed by atoms with Gasteiger partial charge in [0.1, 0.15) is 12.7 Å². The van der Waals surface area contributed by atoms with Crippen molar-refractivity contribution in [3.05, 3.63) is 35.0 Å². The van der Waals surface area contributed by atoms with Crippen LogP contribution in [0.2, 0.25) is 0 Å². The van der Waals surface area contributed by atoms with Crippen LogP contribution >= 0.6 is 11.3 Å². The molecule has 0 aliphatic carbocycles. The van der Waals surface area contributed by atoms with Crippen molar-refractivity contribution in [2.45, 2.75) is 51.2 Å². The van der Waals surface area contributed by atoms with E-state index in [-0.39, 0.29) is 11.9 Å². The van der Waals surface area contributed by atoms with E-state index in [9.17, 15) is 4.79 Å². The van der Waals surface area contributed by atoms with Crippen LogP contribution in [0.3, 0.4) is 0 Å². The Balaban J connectivity index is 1.52. The summed E-state index contributed by atoms with van der Waals surface area (Å²) in [7, 11) is 0. The van der Waals surface area contributed by atoms with Gasteiger partial charge < -0.3 is 5.32 Å². The molecule has 1 fully saturated rings. The lowest BCUT2D eigenvalue weighted by Crippen LogP contribution is -2.53. The Kier molecular flexibility index (Phi) is 5.98. The van der Waals surface area contributed by atoms with Crippen LogP contribution in [0.1, 0.15) is 31.1 Å². The molecule has 0 spiro atoms. The SMILES string of the molecule is C[C@@H](C(=O)NCCc1cccs1)N1CCCC[C@@H]1Cn1cncn1. The van der Waals surface area contributed by atoms with Gasteiger partial charge in [0, 0.05) is 17.5 Å². The maximum atomic E-state index is 12.5. The minimum absolute atomic E-state index is 0.109. The van der Waals surface area contributed by atoms with Crippen LogP contribution in [0.25, 0.3) is 0 Å². The van der Waals surface area contributed by atoms with Gasteiger partial charge in [0.15, 0.2) is 0 Å². The highest BCUT2D eigenvalue weighted by Crippen LogP contribution is 2.21. The van der Waals surface area contributed by atoms with Crippen molar-refractivity contribution in [3.63, 3.8) is 0 Å². The zero-order valence-corrected chi connectivity index (χ0v) is 14.9. The highest BCUT2D eigenvalue weighted by molar-refractivity contribution is 7.09. The van der Waals surface area contributed by atoms with E-state index in [1.807, 2.05) is 17.7 Å². The predicted molar refractivity (Wildman–Crippen MR) is 94.9 cm³/mol. The summed E-state index contributed by atoms with van der Waals surface area (Å²) in [5, 5.41) is 9.37. The van der Waals surface area contributed by atoms with E-state index in [4.69, 9.17) is 0 Å². The summed E-state index contributed by atoms with van der Waals surface area (Å²) in [4.78, 5) is 20.2. The molecule has 1 amide bonds. The lowest BCUT2D eigenvalue weighted by molar-refractivity contribution is -0.127. The van der Waals surface area contributed by atoms with E-state index < -0.39 is 0 Å². The molecule has 0 unspecified atom stereocenters. The van der Waals surface area contributed by atoms with Crippen molar-refractivity contribution in [1.29, 1.82) is 0 Å². The number of carbonyl (C=O) groups excluding carboxylic acids is 1. The lowest BCUT2D eigenvalue weighted by Gasteiger charge is -2.39. The molecule has 0 aromatic carbocycles. The smallest absolute Gasteiger partial charge is 0.237 e. The molecule has 0 radical (unpaired) electrons. The highest BCUT2D eigenvalue weighted by atomic mass is 32.1. The average molecular weight is 347 g/mol. The number of likely N-dealkylation sites (tertiary alicyclic amines) is 1. The Morgan fingerprint density at radius 1 is 1.50 bits per heavy atom. The molecule has 2 aromatic rings. The Bertz CT molecular complexity index is 613. The number of carbonyl (C=O) groups is 1. The Morgan fingerprint density at radius 2 is 2.42 bits per heavy atom. The maximum Gasteiger partial charge on any atom is 0.237 e. The van der Waals surface area contributed by atoms with Crippen molar-refractivity contribution in [2.24, 2.45) is 0 Å². The number of hydrogen-bond donors (Lipinski definition) is 1. The van der Waals surface area contributed by atoms with Crippen molar-refractivity contribution >= 4 is 17.2 Å². The average Bonchev–Trinajstić information content (AvgIpc) is 3.28. The van der Waals surface area contributed by atoms with Crippen LogP contribution < -0.4 is 5.32 Å². The Hall–Kier alpha value is -1.73. The third kappa shape index (κ3) is 4.42. The first kappa shape index (κ1) is 17.1. The molecule has 24 heavy (non-hydrogen) atoms. The number of nitrogens with one attached hydrogen (secondary N) is 1. The van der Waals surface area contributed by atoms with Gasteiger partial charge in [-0.15, -0.1) is 11.3 Å². The molecule has 3 rings (SSSR count). The second-order valence-electron chi connectivity index (χ2n) is 6.30. The van der Waals surface area contributed by atoms with Crippen LogP contribution in [-0.2, 0) is 17.8 Å². The molecule has 2 aromatic heterocycles. The van der Waals surface area contributed by atoms with Crippen molar-refractivity contribution in [2.75, 3.05) is 13.1 Å². The molecule has 130 valence electrons. The molecule has 2 atom stereocenters. The Labute approximate surface area is 146 Å². The number of piperidine rings is 1. The molecule has 0 bridgehead atoms. The number of rotatable bonds is 7. The quantitative estimate of drug-likeness (QED) is 0.831. The zero-order chi connectivity index (χ0) is 16.8. The Morgan fingerprint density at radius 3 is 3.17 bits per heavy atom. The van der Waals surface area contributed by atoms with E-state index in [0.29, 0.717) is 12.6 Å². The van der Waals surface area contributed by atoms with E-state index in [1.54, 1.807) is 24.0 Å². The van der Waals surface area contributed by atoms with Crippen LogP contribution in [0.4, 0.5) is 0 Å². The summed E-state index contributed by atoms with van der Waals surface area (Å²) in [6, 6.07) is 4.40. The summed E-state index contributed by atoms with van der Waals surface area (Å²) in [6.07, 6.45) is 7.68.